The van der Waals surface area contributed by atoms with Crippen molar-refractivity contribution in [3.8, 4) is 0 Å². The van der Waals surface area contributed by atoms with Gasteiger partial charge in [0, 0.05) is 48.7 Å². The van der Waals surface area contributed by atoms with E-state index in [-0.39, 0.29) is 24.3 Å². The number of carbonyl (C=O) groups excluding carboxylic acids is 1. The summed E-state index contributed by atoms with van der Waals surface area (Å²) in [7, 11) is 0. The third kappa shape index (κ3) is 6.33. The fraction of sp³-hybridized carbons (Fsp3) is 0.188. The fourth-order valence-electron chi connectivity index (χ4n) is 2.14. The van der Waals surface area contributed by atoms with Crippen molar-refractivity contribution < 1.29 is 19.8 Å². The van der Waals surface area contributed by atoms with Crippen molar-refractivity contribution in [1.29, 1.82) is 0 Å². The van der Waals surface area contributed by atoms with E-state index in [9.17, 15) is 25.0 Å². The largest absolute Gasteiger partial charge is 0.289 e. The Kier molecular flexibility index (Phi) is 7.23. The van der Waals surface area contributed by atoms with Crippen molar-refractivity contribution in [3.63, 3.8) is 0 Å². The van der Waals surface area contributed by atoms with E-state index >= 15 is 0 Å². The molecule has 0 unspecified atom stereocenters. The van der Waals surface area contributed by atoms with E-state index < -0.39 is 15.8 Å². The minimum Gasteiger partial charge on any atom is -0.289 e. The van der Waals surface area contributed by atoms with E-state index in [1.807, 2.05) is 4.31 Å². The van der Waals surface area contributed by atoms with E-state index in [1.165, 1.54) is 36.2 Å². The molecule has 0 saturated carbocycles. The second-order valence-corrected chi connectivity index (χ2v) is 6.58. The molecule has 142 valence electrons. The molecular weight excluding hydrogens is 376 g/mol. The number of benzene rings is 2. The van der Waals surface area contributed by atoms with Gasteiger partial charge >= 0.3 is 0 Å². The van der Waals surface area contributed by atoms with Gasteiger partial charge in [-0.05, 0) is 29.6 Å². The highest BCUT2D eigenvalue weighted by molar-refractivity contribution is 7.97. The van der Waals surface area contributed by atoms with Gasteiger partial charge in [-0.25, -0.2) is 9.79 Å². The van der Waals surface area contributed by atoms with Crippen molar-refractivity contribution in [1.82, 2.24) is 9.79 Å². The van der Waals surface area contributed by atoms with E-state index in [1.54, 1.807) is 29.7 Å². The molecular formula is C16H16N4O6S. The highest BCUT2D eigenvalue weighted by Gasteiger charge is 2.13. The lowest BCUT2D eigenvalue weighted by Gasteiger charge is -2.20. The zero-order chi connectivity index (χ0) is 19.8. The minimum absolute atomic E-state index is 0.0204. The Bertz CT molecular complexity index is 753. The maximum atomic E-state index is 11.3. The molecule has 0 atom stereocenters. The number of hydrogen-bond acceptors (Lipinski definition) is 8. The Morgan fingerprint density at radius 1 is 1.00 bits per heavy atom. The van der Waals surface area contributed by atoms with E-state index in [0.717, 1.165) is 10.5 Å². The van der Waals surface area contributed by atoms with Crippen molar-refractivity contribution in [2.24, 2.45) is 0 Å². The van der Waals surface area contributed by atoms with E-state index in [0.29, 0.717) is 6.54 Å². The molecule has 10 nitrogen and oxygen atoms in total. The Morgan fingerprint density at radius 3 is 2.00 bits per heavy atom. The molecule has 2 aromatic carbocycles. The molecule has 11 heteroatoms. The van der Waals surface area contributed by atoms with Crippen LogP contribution in [0.25, 0.3) is 0 Å². The smallest absolute Gasteiger partial charge is 0.269 e. The molecule has 0 aliphatic carbocycles. The van der Waals surface area contributed by atoms with Gasteiger partial charge in [-0.2, -0.15) is 0 Å². The van der Waals surface area contributed by atoms with Gasteiger partial charge < -0.3 is 0 Å². The summed E-state index contributed by atoms with van der Waals surface area (Å²) >= 11 is 1.28. The SMILES string of the molecule is O=C(CCN(Cc1ccc([N+](=O)[O-])cc1)Sc1ccc([N+](=O)[O-])cc1)NO. The molecule has 1 amide bonds. The molecule has 0 heterocycles. The van der Waals surface area contributed by atoms with Crippen LogP contribution in [0.1, 0.15) is 12.0 Å². The second-order valence-electron chi connectivity index (χ2n) is 5.41. The van der Waals surface area contributed by atoms with Crippen molar-refractivity contribution in [2.75, 3.05) is 6.54 Å². The number of hydrogen-bond donors (Lipinski definition) is 2. The molecule has 27 heavy (non-hydrogen) atoms. The predicted molar refractivity (Wildman–Crippen MR) is 97.0 cm³/mol. The first-order valence-corrected chi connectivity index (χ1v) is 8.50. The first kappa shape index (κ1) is 20.3. The maximum absolute atomic E-state index is 11.3. The number of nitrogens with zero attached hydrogens (tertiary/aromatic N) is 3. The van der Waals surface area contributed by atoms with Gasteiger partial charge in [-0.15, -0.1) is 0 Å². The van der Waals surface area contributed by atoms with Gasteiger partial charge in [-0.1, -0.05) is 12.1 Å². The minimum atomic E-state index is -0.548. The van der Waals surface area contributed by atoms with Crippen LogP contribution in [-0.2, 0) is 11.3 Å². The number of nitro groups is 2. The van der Waals surface area contributed by atoms with Crippen molar-refractivity contribution in [3.05, 3.63) is 74.3 Å². The number of non-ortho nitro benzene ring substituents is 2. The molecule has 0 radical (unpaired) electrons. The number of amides is 1. The number of carbonyl (C=O) groups is 1. The summed E-state index contributed by atoms with van der Waals surface area (Å²) in [5, 5.41) is 30.1. The van der Waals surface area contributed by atoms with Crippen molar-refractivity contribution >= 4 is 29.2 Å². The van der Waals surface area contributed by atoms with Gasteiger partial charge in [0.2, 0.25) is 5.91 Å². The normalized spacial score (nSPS) is 10.6. The summed E-state index contributed by atoms with van der Waals surface area (Å²) in [6.07, 6.45) is 0.0312. The lowest BCUT2D eigenvalue weighted by Crippen LogP contribution is -2.25. The molecule has 0 aromatic heterocycles. The first-order valence-electron chi connectivity index (χ1n) is 7.72. The van der Waals surface area contributed by atoms with Gasteiger partial charge in [-0.3, -0.25) is 30.2 Å². The van der Waals surface area contributed by atoms with Gasteiger partial charge in [0.15, 0.2) is 0 Å². The van der Waals surface area contributed by atoms with E-state index in [2.05, 4.69) is 0 Å². The number of rotatable bonds is 9. The monoisotopic (exact) mass is 392 g/mol. The third-order valence-corrected chi connectivity index (χ3v) is 4.55. The Balaban J connectivity index is 2.10. The molecule has 0 aliphatic heterocycles. The Hall–Kier alpha value is -3.02. The lowest BCUT2D eigenvalue weighted by molar-refractivity contribution is -0.385. The van der Waals surface area contributed by atoms with Gasteiger partial charge in [0.1, 0.15) is 0 Å². The number of hydroxylamine groups is 1. The van der Waals surface area contributed by atoms with Crippen LogP contribution in [0.5, 0.6) is 0 Å². The summed E-state index contributed by atoms with van der Waals surface area (Å²) in [6, 6.07) is 12.0. The summed E-state index contributed by atoms with van der Waals surface area (Å²) in [6.45, 7) is 0.656. The number of nitrogens with one attached hydrogen (secondary N) is 1. The molecule has 2 rings (SSSR count). The number of nitro benzene ring substituents is 2. The average Bonchev–Trinajstić information content (AvgIpc) is 2.66. The van der Waals surface area contributed by atoms with Crippen LogP contribution in [0, 0.1) is 20.2 Å². The van der Waals surface area contributed by atoms with E-state index in [4.69, 9.17) is 5.21 Å². The van der Waals surface area contributed by atoms with Crippen LogP contribution in [0.2, 0.25) is 0 Å². The van der Waals surface area contributed by atoms with Crippen LogP contribution >= 0.6 is 11.9 Å². The lowest BCUT2D eigenvalue weighted by atomic mass is 10.2. The Labute approximate surface area is 158 Å². The summed E-state index contributed by atoms with van der Waals surface area (Å²) < 4.78 is 1.82. The second kappa shape index (κ2) is 9.62. The molecule has 0 saturated heterocycles. The zero-order valence-electron chi connectivity index (χ0n) is 14.0. The maximum Gasteiger partial charge on any atom is 0.269 e. The molecule has 0 fully saturated rings. The van der Waals surface area contributed by atoms with Gasteiger partial charge in [0.05, 0.1) is 9.85 Å². The first-order chi connectivity index (χ1) is 12.9. The standard InChI is InChI=1S/C16H16N4O6S/c21-16(17-22)9-10-18(11-12-1-3-13(4-2-12)19(23)24)27-15-7-5-14(6-8-15)20(25)26/h1-8,22H,9-11H2,(H,17,21). The topological polar surface area (TPSA) is 139 Å². The predicted octanol–water partition coefficient (Wildman–Crippen LogP) is 2.91. The summed E-state index contributed by atoms with van der Waals surface area (Å²) in [4.78, 5) is 32.5. The summed E-state index contributed by atoms with van der Waals surface area (Å²) in [5.74, 6) is -0.548. The molecule has 0 spiro atoms. The van der Waals surface area contributed by atoms with Crippen LogP contribution in [0.3, 0.4) is 0 Å². The third-order valence-electron chi connectivity index (χ3n) is 3.50. The molecule has 2 N–H and O–H groups in total. The molecule has 2 aromatic rings. The average molecular weight is 392 g/mol. The highest BCUT2D eigenvalue weighted by atomic mass is 32.2. The van der Waals surface area contributed by atoms with Crippen molar-refractivity contribution in [2.45, 2.75) is 17.9 Å². The van der Waals surface area contributed by atoms with Crippen LogP contribution in [0.4, 0.5) is 11.4 Å². The zero-order valence-corrected chi connectivity index (χ0v) is 14.8. The quantitative estimate of drug-likeness (QED) is 0.287. The van der Waals surface area contributed by atoms with Crippen LogP contribution in [-0.4, -0.2) is 31.8 Å². The van der Waals surface area contributed by atoms with Crippen LogP contribution in [0.15, 0.2) is 53.4 Å². The van der Waals surface area contributed by atoms with Crippen LogP contribution < -0.4 is 5.48 Å². The fourth-order valence-corrected chi connectivity index (χ4v) is 3.10. The molecule has 0 aliphatic rings. The Morgan fingerprint density at radius 2 is 1.52 bits per heavy atom. The highest BCUT2D eigenvalue weighted by Crippen LogP contribution is 2.27. The van der Waals surface area contributed by atoms with Gasteiger partial charge in [0.25, 0.3) is 11.4 Å². The summed E-state index contributed by atoms with van der Waals surface area (Å²) in [5.41, 5.74) is 2.31. The molecule has 0 bridgehead atoms.